The molecule has 2 aromatic carbocycles. The first-order valence-electron chi connectivity index (χ1n) is 10.4. The summed E-state index contributed by atoms with van der Waals surface area (Å²) in [6, 6.07) is 12.7. The number of ether oxygens (including phenoxy) is 2. The number of amides is 2. The molecule has 1 heterocycles. The molecule has 31 heavy (non-hydrogen) atoms. The number of nitrogens with one attached hydrogen (secondary N) is 1. The number of benzene rings is 2. The zero-order valence-corrected chi connectivity index (χ0v) is 18.0. The molecular formula is C24H27FN2O4. The Hall–Kier alpha value is -3.19. The molecule has 1 N–H and O–H groups in total. The maximum Gasteiger partial charge on any atom is 0.278 e. The number of carbonyl (C=O) groups is 2. The molecule has 0 atom stereocenters. The van der Waals surface area contributed by atoms with Gasteiger partial charge in [0.2, 0.25) is 0 Å². The van der Waals surface area contributed by atoms with Crippen LogP contribution in [-0.4, -0.2) is 42.6 Å². The van der Waals surface area contributed by atoms with Crippen molar-refractivity contribution in [2.75, 3.05) is 25.1 Å². The number of nitrogens with zero attached hydrogens (tertiary/aromatic N) is 1. The van der Waals surface area contributed by atoms with Gasteiger partial charge in [-0.2, -0.15) is 0 Å². The van der Waals surface area contributed by atoms with Gasteiger partial charge in [0.15, 0.2) is 0 Å². The normalized spacial score (nSPS) is 14.0. The minimum Gasteiger partial charge on any atom is -0.491 e. The highest BCUT2D eigenvalue weighted by molar-refractivity contribution is 6.36. The lowest BCUT2D eigenvalue weighted by molar-refractivity contribution is -0.137. The molecule has 0 bridgehead atoms. The lowest BCUT2D eigenvalue weighted by Gasteiger charge is -2.15. The molecule has 0 saturated carbocycles. The Labute approximate surface area is 181 Å². The molecule has 3 rings (SSSR count). The van der Waals surface area contributed by atoms with Gasteiger partial charge in [-0.15, -0.1) is 0 Å². The van der Waals surface area contributed by atoms with E-state index >= 15 is 0 Å². The van der Waals surface area contributed by atoms with E-state index in [1.165, 1.54) is 29.2 Å². The van der Waals surface area contributed by atoms with Crippen molar-refractivity contribution in [3.05, 3.63) is 65.6 Å². The minimum absolute atomic E-state index is 0.0471. The van der Waals surface area contributed by atoms with Gasteiger partial charge < -0.3 is 14.8 Å². The second-order valence-electron chi connectivity index (χ2n) is 7.39. The van der Waals surface area contributed by atoms with Crippen molar-refractivity contribution in [1.29, 1.82) is 0 Å². The molecule has 6 nitrogen and oxygen atoms in total. The topological polar surface area (TPSA) is 67.9 Å². The number of hydrogen-bond donors (Lipinski definition) is 1. The van der Waals surface area contributed by atoms with E-state index in [9.17, 15) is 14.0 Å². The van der Waals surface area contributed by atoms with Crippen molar-refractivity contribution in [3.8, 4) is 5.75 Å². The van der Waals surface area contributed by atoms with Gasteiger partial charge in [-0.05, 0) is 69.2 Å². The first-order chi connectivity index (χ1) is 14.9. The number of imide groups is 1. The largest absolute Gasteiger partial charge is 0.491 e. The van der Waals surface area contributed by atoms with Crippen LogP contribution in [0.2, 0.25) is 0 Å². The van der Waals surface area contributed by atoms with Crippen LogP contribution in [0.15, 0.2) is 54.2 Å². The fraction of sp³-hybridized carbons (Fsp3) is 0.333. The SMILES string of the molecule is CCOCCCN1C(=O)C(Nc2ccc(OC(C)C)cc2)=C(c2ccc(F)cc2)C1=O. The predicted octanol–water partition coefficient (Wildman–Crippen LogP) is 4.23. The van der Waals surface area contributed by atoms with Gasteiger partial charge in [-0.3, -0.25) is 14.5 Å². The van der Waals surface area contributed by atoms with Crippen LogP contribution < -0.4 is 10.1 Å². The van der Waals surface area contributed by atoms with Gasteiger partial charge >= 0.3 is 0 Å². The van der Waals surface area contributed by atoms with Crippen LogP contribution in [0, 0.1) is 5.82 Å². The van der Waals surface area contributed by atoms with E-state index < -0.39 is 17.6 Å². The second kappa shape index (κ2) is 10.2. The third-order valence-electron chi connectivity index (χ3n) is 4.67. The maximum absolute atomic E-state index is 13.4. The monoisotopic (exact) mass is 426 g/mol. The molecular weight excluding hydrogens is 399 g/mol. The van der Waals surface area contributed by atoms with Gasteiger partial charge in [0.25, 0.3) is 11.8 Å². The highest BCUT2D eigenvalue weighted by atomic mass is 19.1. The Morgan fingerprint density at radius 3 is 2.29 bits per heavy atom. The fourth-order valence-electron chi connectivity index (χ4n) is 3.28. The van der Waals surface area contributed by atoms with Crippen molar-refractivity contribution in [2.24, 2.45) is 0 Å². The van der Waals surface area contributed by atoms with Gasteiger partial charge in [0.05, 0.1) is 11.7 Å². The molecule has 0 radical (unpaired) electrons. The van der Waals surface area contributed by atoms with Gasteiger partial charge in [-0.25, -0.2) is 4.39 Å². The number of hydrogen-bond acceptors (Lipinski definition) is 5. The summed E-state index contributed by atoms with van der Waals surface area (Å²) in [6.45, 7) is 7.04. The zero-order valence-electron chi connectivity index (χ0n) is 18.0. The first-order valence-corrected chi connectivity index (χ1v) is 10.4. The number of rotatable bonds is 10. The zero-order chi connectivity index (χ0) is 22.4. The lowest BCUT2D eigenvalue weighted by atomic mass is 10.0. The molecule has 1 aliphatic heterocycles. The molecule has 0 spiro atoms. The summed E-state index contributed by atoms with van der Waals surface area (Å²) in [4.78, 5) is 27.4. The van der Waals surface area contributed by atoms with Crippen molar-refractivity contribution >= 4 is 23.1 Å². The molecule has 0 aromatic heterocycles. The average molecular weight is 426 g/mol. The van der Waals surface area contributed by atoms with Crippen LogP contribution in [0.4, 0.5) is 10.1 Å². The molecule has 164 valence electrons. The molecule has 0 unspecified atom stereocenters. The number of carbonyl (C=O) groups excluding carboxylic acids is 2. The summed E-state index contributed by atoms with van der Waals surface area (Å²) in [6.07, 6.45) is 0.585. The third kappa shape index (κ3) is 5.49. The summed E-state index contributed by atoms with van der Waals surface area (Å²) in [5.41, 5.74) is 1.52. The van der Waals surface area contributed by atoms with Gasteiger partial charge in [0, 0.05) is 25.4 Å². The van der Waals surface area contributed by atoms with E-state index in [2.05, 4.69) is 5.32 Å². The molecule has 2 amide bonds. The van der Waals surface area contributed by atoms with Crippen molar-refractivity contribution in [1.82, 2.24) is 4.90 Å². The Kier molecular flexibility index (Phi) is 7.41. The Bertz CT molecular complexity index is 953. The summed E-state index contributed by atoms with van der Waals surface area (Å²) in [5, 5.41) is 3.08. The van der Waals surface area contributed by atoms with Crippen LogP contribution in [0.1, 0.15) is 32.8 Å². The molecule has 2 aromatic rings. The molecule has 1 aliphatic rings. The molecule has 0 saturated heterocycles. The van der Waals surface area contributed by atoms with Crippen LogP contribution >= 0.6 is 0 Å². The van der Waals surface area contributed by atoms with Crippen molar-refractivity contribution < 1.29 is 23.5 Å². The Morgan fingerprint density at radius 2 is 1.68 bits per heavy atom. The van der Waals surface area contributed by atoms with Crippen LogP contribution in [-0.2, 0) is 14.3 Å². The minimum atomic E-state index is -0.414. The predicted molar refractivity (Wildman–Crippen MR) is 117 cm³/mol. The van der Waals surface area contributed by atoms with Gasteiger partial charge in [0.1, 0.15) is 17.3 Å². The van der Waals surface area contributed by atoms with Gasteiger partial charge in [-0.1, -0.05) is 12.1 Å². The highest BCUT2D eigenvalue weighted by Crippen LogP contribution is 2.31. The summed E-state index contributed by atoms with van der Waals surface area (Å²) in [7, 11) is 0. The van der Waals surface area contributed by atoms with E-state index in [0.717, 1.165) is 0 Å². The standard InChI is InChI=1S/C24H27FN2O4/c1-4-30-15-5-14-27-23(28)21(17-6-8-18(25)9-7-17)22(24(27)29)26-19-10-12-20(13-11-19)31-16(2)3/h6-13,16,26H,4-5,14-15H2,1-3H3. The smallest absolute Gasteiger partial charge is 0.278 e. The summed E-state index contributed by atoms with van der Waals surface area (Å²) < 4.78 is 24.4. The van der Waals surface area contributed by atoms with E-state index in [4.69, 9.17) is 9.47 Å². The third-order valence-corrected chi connectivity index (χ3v) is 4.67. The summed E-state index contributed by atoms with van der Waals surface area (Å²) in [5.74, 6) is -0.525. The van der Waals surface area contributed by atoms with Crippen LogP contribution in [0.5, 0.6) is 5.75 Å². The molecule has 7 heteroatoms. The van der Waals surface area contributed by atoms with E-state index in [0.29, 0.717) is 36.6 Å². The second-order valence-corrected chi connectivity index (χ2v) is 7.39. The Morgan fingerprint density at radius 1 is 1.00 bits per heavy atom. The van der Waals surface area contributed by atoms with Crippen LogP contribution in [0.25, 0.3) is 5.57 Å². The van der Waals surface area contributed by atoms with Crippen molar-refractivity contribution in [3.63, 3.8) is 0 Å². The first kappa shape index (κ1) is 22.5. The van der Waals surface area contributed by atoms with E-state index in [-0.39, 0.29) is 23.9 Å². The molecule has 0 aliphatic carbocycles. The van der Waals surface area contributed by atoms with E-state index in [1.54, 1.807) is 24.3 Å². The summed E-state index contributed by atoms with van der Waals surface area (Å²) >= 11 is 0. The van der Waals surface area contributed by atoms with E-state index in [1.807, 2.05) is 20.8 Å². The number of anilines is 1. The quantitative estimate of drug-likeness (QED) is 0.455. The average Bonchev–Trinajstić information content (AvgIpc) is 2.97. The number of halogens is 1. The van der Waals surface area contributed by atoms with Crippen LogP contribution in [0.3, 0.4) is 0 Å². The van der Waals surface area contributed by atoms with Crippen molar-refractivity contribution in [2.45, 2.75) is 33.3 Å². The lowest BCUT2D eigenvalue weighted by Crippen LogP contribution is -2.34. The molecule has 0 fully saturated rings. The fourth-order valence-corrected chi connectivity index (χ4v) is 3.28. The maximum atomic E-state index is 13.4. The Balaban J connectivity index is 1.88. The highest BCUT2D eigenvalue weighted by Gasteiger charge is 2.38.